The number of hydrogen-bond acceptors (Lipinski definition) is 4. The fourth-order valence-electron chi connectivity index (χ4n) is 2.06. The first-order valence-electron chi connectivity index (χ1n) is 6.89. The van der Waals surface area contributed by atoms with Crippen molar-refractivity contribution in [2.75, 3.05) is 0 Å². The maximum absolute atomic E-state index is 12.8. The first-order valence-corrected chi connectivity index (χ1v) is 7.71. The smallest absolute Gasteiger partial charge is 0.310 e. The lowest BCUT2D eigenvalue weighted by Crippen LogP contribution is -2.13. The molecule has 1 N–H and O–H groups in total. The first kappa shape index (κ1) is 15.2. The molecule has 23 heavy (non-hydrogen) atoms. The van der Waals surface area contributed by atoms with Crippen molar-refractivity contribution < 1.29 is 9.50 Å². The van der Waals surface area contributed by atoms with Crippen LogP contribution in [0.3, 0.4) is 0 Å². The van der Waals surface area contributed by atoms with Crippen molar-refractivity contribution in [3.8, 4) is 5.88 Å². The van der Waals surface area contributed by atoms with Crippen LogP contribution in [0.5, 0.6) is 5.88 Å². The van der Waals surface area contributed by atoms with E-state index in [1.807, 2.05) is 30.3 Å². The molecule has 0 aliphatic carbocycles. The topological polar surface area (TPSA) is 54.6 Å². The zero-order valence-electron chi connectivity index (χ0n) is 12.0. The number of halogens is 1. The van der Waals surface area contributed by atoms with E-state index in [4.69, 9.17) is 0 Å². The third-order valence-corrected chi connectivity index (χ3v) is 4.14. The van der Waals surface area contributed by atoms with Gasteiger partial charge in [-0.15, -0.1) is 0 Å². The Labute approximate surface area is 135 Å². The summed E-state index contributed by atoms with van der Waals surface area (Å²) in [7, 11) is 0. The van der Waals surface area contributed by atoms with Crippen LogP contribution in [0.15, 0.2) is 64.4 Å². The van der Waals surface area contributed by atoms with Gasteiger partial charge in [-0.25, -0.2) is 4.39 Å². The molecule has 0 atom stereocenters. The lowest BCUT2D eigenvalue weighted by molar-refractivity contribution is 0.421. The number of nitrogens with zero attached hydrogens (tertiary/aromatic N) is 2. The van der Waals surface area contributed by atoms with Crippen LogP contribution in [-0.2, 0) is 6.54 Å². The van der Waals surface area contributed by atoms with Crippen molar-refractivity contribution in [3.63, 3.8) is 0 Å². The van der Waals surface area contributed by atoms with Gasteiger partial charge in [0, 0.05) is 0 Å². The van der Waals surface area contributed by atoms with Gasteiger partial charge in [-0.2, -0.15) is 0 Å². The predicted octanol–water partition coefficient (Wildman–Crippen LogP) is 3.55. The monoisotopic (exact) mass is 328 g/mol. The number of aliphatic imine (C=N–C) groups is 1. The predicted molar refractivity (Wildman–Crippen MR) is 89.4 cm³/mol. The average Bonchev–Trinajstić information content (AvgIpc) is 2.83. The molecule has 4 nitrogen and oxygen atoms in total. The molecular formula is C17H13FN2O2S. The lowest BCUT2D eigenvalue weighted by atomic mass is 10.2. The number of rotatable bonds is 4. The molecule has 0 aliphatic rings. The number of aromatic hydroxyl groups is 1. The largest absolute Gasteiger partial charge is 0.493 e. The van der Waals surface area contributed by atoms with Gasteiger partial charge in [0.15, 0.2) is 0 Å². The highest BCUT2D eigenvalue weighted by molar-refractivity contribution is 7.11. The maximum atomic E-state index is 12.8. The van der Waals surface area contributed by atoms with E-state index in [-0.39, 0.29) is 16.6 Å². The third kappa shape index (κ3) is 3.54. The zero-order valence-corrected chi connectivity index (χ0v) is 12.8. The summed E-state index contributed by atoms with van der Waals surface area (Å²) in [5, 5.41) is 10.2. The molecule has 0 unspecified atom stereocenters. The Morgan fingerprint density at radius 2 is 1.83 bits per heavy atom. The van der Waals surface area contributed by atoms with E-state index < -0.39 is 0 Å². The molecule has 1 heterocycles. The van der Waals surface area contributed by atoms with Crippen LogP contribution >= 0.6 is 11.3 Å². The van der Waals surface area contributed by atoms with E-state index in [1.54, 1.807) is 0 Å². The Bertz CT molecular complexity index is 883. The molecule has 2 aromatic carbocycles. The molecule has 3 aromatic rings. The summed E-state index contributed by atoms with van der Waals surface area (Å²) in [6.45, 7) is 0.298. The van der Waals surface area contributed by atoms with Crippen LogP contribution in [0.25, 0.3) is 0 Å². The highest BCUT2D eigenvalue weighted by atomic mass is 32.1. The Kier molecular flexibility index (Phi) is 4.34. The third-order valence-electron chi connectivity index (χ3n) is 3.23. The number of hydrogen-bond donors (Lipinski definition) is 1. The van der Waals surface area contributed by atoms with Crippen molar-refractivity contribution in [1.29, 1.82) is 0 Å². The highest BCUT2D eigenvalue weighted by Gasteiger charge is 2.12. The molecule has 0 fully saturated rings. The summed E-state index contributed by atoms with van der Waals surface area (Å²) in [6, 6.07) is 15.1. The molecule has 0 aliphatic heterocycles. The van der Waals surface area contributed by atoms with Gasteiger partial charge in [0.2, 0.25) is 5.88 Å². The van der Waals surface area contributed by atoms with Crippen LogP contribution in [0, 0.1) is 5.82 Å². The van der Waals surface area contributed by atoms with Gasteiger partial charge in [-0.1, -0.05) is 41.7 Å². The fourth-order valence-corrected chi connectivity index (χ4v) is 2.82. The molecule has 0 saturated heterocycles. The lowest BCUT2D eigenvalue weighted by Gasteiger charge is -2.03. The summed E-state index contributed by atoms with van der Waals surface area (Å²) in [6.07, 6.45) is 1.41. The summed E-state index contributed by atoms with van der Waals surface area (Å²) in [4.78, 5) is 16.3. The van der Waals surface area contributed by atoms with Crippen LogP contribution in [0.4, 0.5) is 10.1 Å². The van der Waals surface area contributed by atoms with Crippen LogP contribution < -0.4 is 4.87 Å². The number of thiazole rings is 1. The molecular weight excluding hydrogens is 315 g/mol. The highest BCUT2D eigenvalue weighted by Crippen LogP contribution is 2.20. The molecule has 3 rings (SSSR count). The Balaban J connectivity index is 1.86. The van der Waals surface area contributed by atoms with Crippen molar-refractivity contribution in [2.45, 2.75) is 6.54 Å². The summed E-state index contributed by atoms with van der Waals surface area (Å²) < 4.78 is 14.1. The summed E-state index contributed by atoms with van der Waals surface area (Å²) >= 11 is 0.917. The van der Waals surface area contributed by atoms with Crippen molar-refractivity contribution >= 4 is 23.2 Å². The SMILES string of the molecule is O=c1sc(C=Nc2ccc(F)cc2)c(O)n1Cc1ccccc1. The zero-order chi connectivity index (χ0) is 16.2. The minimum absolute atomic E-state index is 0.116. The van der Waals surface area contributed by atoms with Gasteiger partial charge in [-0.05, 0) is 29.8 Å². The van der Waals surface area contributed by atoms with Crippen molar-refractivity contribution in [1.82, 2.24) is 4.57 Å². The number of aromatic nitrogens is 1. The number of benzene rings is 2. The quantitative estimate of drug-likeness (QED) is 0.745. The van der Waals surface area contributed by atoms with Gasteiger partial charge in [0.05, 0.1) is 18.4 Å². The van der Waals surface area contributed by atoms with Gasteiger partial charge in [0.1, 0.15) is 10.7 Å². The molecule has 0 saturated carbocycles. The molecule has 0 radical (unpaired) electrons. The second kappa shape index (κ2) is 6.58. The van der Waals surface area contributed by atoms with Gasteiger partial charge >= 0.3 is 4.87 Å². The summed E-state index contributed by atoms with van der Waals surface area (Å²) in [5.74, 6) is -0.458. The molecule has 6 heteroatoms. The molecule has 0 amide bonds. The van der Waals surface area contributed by atoms with E-state index in [1.165, 1.54) is 35.0 Å². The van der Waals surface area contributed by atoms with E-state index in [2.05, 4.69) is 4.99 Å². The van der Waals surface area contributed by atoms with Crippen LogP contribution in [0.1, 0.15) is 10.4 Å². The fraction of sp³-hybridized carbons (Fsp3) is 0.0588. The van der Waals surface area contributed by atoms with Crippen molar-refractivity contribution in [3.05, 3.63) is 80.5 Å². The first-order chi connectivity index (χ1) is 11.1. The standard InChI is InChI=1S/C17H13FN2O2S/c18-13-6-8-14(9-7-13)19-10-15-16(21)20(17(22)23-15)11-12-4-2-1-3-5-12/h1-10,21H,11H2. The molecule has 1 aromatic heterocycles. The normalized spacial score (nSPS) is 11.2. The minimum Gasteiger partial charge on any atom is -0.493 e. The summed E-state index contributed by atoms with van der Waals surface area (Å²) in [5.41, 5.74) is 1.46. The van der Waals surface area contributed by atoms with E-state index in [0.717, 1.165) is 16.9 Å². The van der Waals surface area contributed by atoms with Gasteiger partial charge in [0.25, 0.3) is 0 Å². The van der Waals surface area contributed by atoms with Crippen LogP contribution in [0.2, 0.25) is 0 Å². The Morgan fingerprint density at radius 1 is 1.13 bits per heavy atom. The van der Waals surface area contributed by atoms with Gasteiger partial charge in [-0.3, -0.25) is 14.4 Å². The molecule has 116 valence electrons. The van der Waals surface area contributed by atoms with Gasteiger partial charge < -0.3 is 5.11 Å². The van der Waals surface area contributed by atoms with Crippen LogP contribution in [-0.4, -0.2) is 15.9 Å². The van der Waals surface area contributed by atoms with E-state index in [0.29, 0.717) is 17.1 Å². The minimum atomic E-state index is -0.342. The maximum Gasteiger partial charge on any atom is 0.310 e. The Morgan fingerprint density at radius 3 is 2.52 bits per heavy atom. The van der Waals surface area contributed by atoms with E-state index >= 15 is 0 Å². The molecule has 0 spiro atoms. The second-order valence-corrected chi connectivity index (χ2v) is 5.86. The Hall–Kier alpha value is -2.73. The second-order valence-electron chi connectivity index (χ2n) is 4.86. The molecule has 0 bridgehead atoms. The van der Waals surface area contributed by atoms with Crippen molar-refractivity contribution in [2.24, 2.45) is 4.99 Å². The van der Waals surface area contributed by atoms with E-state index in [9.17, 15) is 14.3 Å². The average molecular weight is 328 g/mol.